The Labute approximate surface area is 234 Å². The van der Waals surface area contributed by atoms with E-state index in [0.717, 1.165) is 35.3 Å². The molecule has 1 N–H and O–H groups in total. The molecule has 3 aromatic rings. The molecule has 0 amide bonds. The van der Waals surface area contributed by atoms with E-state index in [0.29, 0.717) is 18.5 Å². The van der Waals surface area contributed by atoms with Crippen LogP contribution in [0.5, 0.6) is 0 Å². The van der Waals surface area contributed by atoms with Crippen molar-refractivity contribution in [1.82, 2.24) is 24.9 Å². The number of pyridine rings is 1. The summed E-state index contributed by atoms with van der Waals surface area (Å²) in [5.74, 6) is -0.359. The predicted octanol–water partition coefficient (Wildman–Crippen LogP) is 3.66. The lowest BCUT2D eigenvalue weighted by atomic mass is 9.99. The Balaban J connectivity index is 1.40. The first-order valence-electron chi connectivity index (χ1n) is 13.5. The van der Waals surface area contributed by atoms with E-state index in [4.69, 9.17) is 14.2 Å². The first-order valence-corrected chi connectivity index (χ1v) is 13.5. The number of methoxy groups -OCH3 is 1. The standard InChI is InChI=1S/C29H38FN5O5/c1-19-13-26(15-28(37)40-19)34(3)12-10-24-17-35(33-32-24)27(16-30)29(38-4)22-7-5-21(6-8-22)23-9-11-31-25(14-23)18-39-20(2)36/h5-9,11,14,17,19,26-29,37H,10,12-13,15-16,18H2,1-4H3/t19-,26+,27-,28-,29-/m1/s1. The Morgan fingerprint density at radius 2 is 2.00 bits per heavy atom. The summed E-state index contributed by atoms with van der Waals surface area (Å²) in [5, 5.41) is 18.4. The van der Waals surface area contributed by atoms with Crippen LogP contribution in [0.2, 0.25) is 0 Å². The van der Waals surface area contributed by atoms with E-state index in [1.807, 2.05) is 50.4 Å². The molecule has 2 aromatic heterocycles. The summed E-state index contributed by atoms with van der Waals surface area (Å²) >= 11 is 0. The molecule has 1 aliphatic rings. The molecule has 10 nitrogen and oxygen atoms in total. The fraction of sp³-hybridized carbons (Fsp3) is 0.517. The second-order valence-electron chi connectivity index (χ2n) is 10.3. The highest BCUT2D eigenvalue weighted by atomic mass is 19.1. The van der Waals surface area contributed by atoms with E-state index >= 15 is 0 Å². The molecule has 3 heterocycles. The number of carbonyl (C=O) groups excluding carboxylic acids is 1. The van der Waals surface area contributed by atoms with Gasteiger partial charge in [-0.3, -0.25) is 9.78 Å². The van der Waals surface area contributed by atoms with Crippen molar-refractivity contribution in [1.29, 1.82) is 0 Å². The van der Waals surface area contributed by atoms with Crippen LogP contribution in [0, 0.1) is 0 Å². The molecule has 1 fully saturated rings. The summed E-state index contributed by atoms with van der Waals surface area (Å²) in [5.41, 5.74) is 4.10. The normalized spacial score (nSPS) is 20.8. The number of hydrogen-bond acceptors (Lipinski definition) is 9. The molecule has 1 aromatic carbocycles. The minimum atomic E-state index is -0.739. The maximum Gasteiger partial charge on any atom is 0.303 e. The van der Waals surface area contributed by atoms with Crippen LogP contribution in [0.3, 0.4) is 0 Å². The number of hydrogen-bond donors (Lipinski definition) is 1. The van der Waals surface area contributed by atoms with Crippen LogP contribution in [-0.2, 0) is 32.0 Å². The number of likely N-dealkylation sites (N-methyl/N-ethyl adjacent to an activating group) is 1. The Morgan fingerprint density at radius 1 is 1.23 bits per heavy atom. The van der Waals surface area contributed by atoms with Gasteiger partial charge < -0.3 is 24.2 Å². The number of halogens is 1. The molecule has 4 rings (SSSR count). The Bertz CT molecular complexity index is 1230. The molecule has 0 bridgehead atoms. The average Bonchev–Trinajstić information content (AvgIpc) is 3.42. The van der Waals surface area contributed by atoms with Crippen molar-refractivity contribution in [2.75, 3.05) is 27.4 Å². The van der Waals surface area contributed by atoms with Crippen LogP contribution in [0.25, 0.3) is 11.1 Å². The van der Waals surface area contributed by atoms with Crippen molar-refractivity contribution in [3.05, 3.63) is 65.7 Å². The van der Waals surface area contributed by atoms with Crippen LogP contribution in [0.1, 0.15) is 55.8 Å². The number of aliphatic hydroxyl groups excluding tert-OH is 1. The smallest absolute Gasteiger partial charge is 0.303 e. The lowest BCUT2D eigenvalue weighted by molar-refractivity contribution is -0.173. The Kier molecular flexibility index (Phi) is 10.3. The number of rotatable bonds is 12. The molecular formula is C29H38FN5O5. The molecule has 11 heteroatoms. The van der Waals surface area contributed by atoms with Gasteiger partial charge in [-0.15, -0.1) is 5.10 Å². The molecule has 216 valence electrons. The van der Waals surface area contributed by atoms with Gasteiger partial charge >= 0.3 is 5.97 Å². The molecule has 1 aliphatic heterocycles. The zero-order chi connectivity index (χ0) is 28.6. The quantitative estimate of drug-likeness (QED) is 0.335. The van der Waals surface area contributed by atoms with Gasteiger partial charge in [-0.1, -0.05) is 29.5 Å². The number of benzene rings is 1. The van der Waals surface area contributed by atoms with E-state index < -0.39 is 25.1 Å². The molecule has 0 unspecified atom stereocenters. The van der Waals surface area contributed by atoms with Gasteiger partial charge in [0, 0.05) is 51.9 Å². The van der Waals surface area contributed by atoms with Crippen molar-refractivity contribution in [3.63, 3.8) is 0 Å². The predicted molar refractivity (Wildman–Crippen MR) is 146 cm³/mol. The first-order chi connectivity index (χ1) is 19.3. The van der Waals surface area contributed by atoms with Gasteiger partial charge in [-0.25, -0.2) is 9.07 Å². The fourth-order valence-electron chi connectivity index (χ4n) is 5.10. The molecule has 0 saturated carbocycles. The van der Waals surface area contributed by atoms with Crippen molar-refractivity contribution in [2.45, 2.75) is 70.3 Å². The van der Waals surface area contributed by atoms with Crippen molar-refractivity contribution < 1.29 is 28.5 Å². The highest BCUT2D eigenvalue weighted by Gasteiger charge is 2.29. The van der Waals surface area contributed by atoms with Crippen LogP contribution in [0.4, 0.5) is 4.39 Å². The third kappa shape index (κ3) is 7.69. The number of nitrogens with zero attached hydrogens (tertiary/aromatic N) is 5. The third-order valence-corrected chi connectivity index (χ3v) is 7.28. The van der Waals surface area contributed by atoms with E-state index in [-0.39, 0.29) is 24.7 Å². The summed E-state index contributed by atoms with van der Waals surface area (Å²) in [6.45, 7) is 3.49. The average molecular weight is 556 g/mol. The maximum absolute atomic E-state index is 14.4. The topological polar surface area (TPSA) is 112 Å². The van der Waals surface area contributed by atoms with Crippen molar-refractivity contribution in [3.8, 4) is 11.1 Å². The van der Waals surface area contributed by atoms with Gasteiger partial charge in [0.1, 0.15) is 25.4 Å². The number of alkyl halides is 1. The summed E-state index contributed by atoms with van der Waals surface area (Å²) in [4.78, 5) is 17.6. The van der Waals surface area contributed by atoms with Gasteiger partial charge in [0.05, 0.1) is 17.5 Å². The highest BCUT2D eigenvalue weighted by Crippen LogP contribution is 2.31. The lowest BCUT2D eigenvalue weighted by Gasteiger charge is -2.36. The van der Waals surface area contributed by atoms with Gasteiger partial charge in [0.2, 0.25) is 0 Å². The third-order valence-electron chi connectivity index (χ3n) is 7.28. The van der Waals surface area contributed by atoms with Crippen molar-refractivity contribution in [2.24, 2.45) is 0 Å². The molecule has 1 saturated heterocycles. The summed E-state index contributed by atoms with van der Waals surface area (Å²) in [6.07, 6.45) is 4.23. The van der Waals surface area contributed by atoms with Gasteiger partial charge in [0.25, 0.3) is 0 Å². The monoisotopic (exact) mass is 555 g/mol. The minimum Gasteiger partial charge on any atom is -0.459 e. The van der Waals surface area contributed by atoms with Gasteiger partial charge in [-0.05, 0) is 49.2 Å². The summed E-state index contributed by atoms with van der Waals surface area (Å²) in [7, 11) is 3.59. The number of ether oxygens (including phenoxy) is 3. The number of aromatic nitrogens is 4. The zero-order valence-electron chi connectivity index (χ0n) is 23.4. The summed E-state index contributed by atoms with van der Waals surface area (Å²) < 4.78 is 32.1. The van der Waals surface area contributed by atoms with E-state index in [1.54, 1.807) is 24.2 Å². The Morgan fingerprint density at radius 3 is 2.67 bits per heavy atom. The van der Waals surface area contributed by atoms with E-state index in [1.165, 1.54) is 6.92 Å². The number of aliphatic hydroxyl groups is 1. The SMILES string of the molecule is CO[C@H](c1ccc(-c2ccnc(COC(C)=O)c2)cc1)[C@@H](CF)n1cc(CCN(C)[C@H]2C[C@@H](C)O[C@@H](O)C2)nn1. The van der Waals surface area contributed by atoms with Crippen LogP contribution >= 0.6 is 0 Å². The molecule has 5 atom stereocenters. The first kappa shape index (κ1) is 29.7. The molecule has 0 spiro atoms. The van der Waals surface area contributed by atoms with Gasteiger partial charge in [0.15, 0.2) is 6.29 Å². The van der Waals surface area contributed by atoms with Crippen LogP contribution in [-0.4, -0.2) is 81.8 Å². The molecule has 40 heavy (non-hydrogen) atoms. The second-order valence-corrected chi connectivity index (χ2v) is 10.3. The van der Waals surface area contributed by atoms with E-state index in [9.17, 15) is 14.3 Å². The van der Waals surface area contributed by atoms with Crippen molar-refractivity contribution >= 4 is 5.97 Å². The number of esters is 1. The van der Waals surface area contributed by atoms with E-state index in [2.05, 4.69) is 20.2 Å². The maximum atomic E-state index is 14.4. The fourth-order valence-corrected chi connectivity index (χ4v) is 5.10. The molecule has 0 aliphatic carbocycles. The number of carbonyl (C=O) groups is 1. The lowest BCUT2D eigenvalue weighted by Crippen LogP contribution is -2.43. The van der Waals surface area contributed by atoms with Crippen LogP contribution < -0.4 is 0 Å². The zero-order valence-corrected chi connectivity index (χ0v) is 23.4. The van der Waals surface area contributed by atoms with Gasteiger partial charge in [-0.2, -0.15) is 0 Å². The minimum absolute atomic E-state index is 0.0111. The Hall–Kier alpha value is -3.25. The second kappa shape index (κ2) is 13.9. The highest BCUT2D eigenvalue weighted by molar-refractivity contribution is 5.66. The molecular weight excluding hydrogens is 517 g/mol. The summed E-state index contributed by atoms with van der Waals surface area (Å²) in [6, 6.07) is 11.0. The van der Waals surface area contributed by atoms with Crippen LogP contribution in [0.15, 0.2) is 48.8 Å². The molecule has 0 radical (unpaired) electrons. The largest absolute Gasteiger partial charge is 0.459 e.